The highest BCUT2D eigenvalue weighted by Crippen LogP contribution is 2.38. The number of carbonyl (C=O) groups is 2. The van der Waals surface area contributed by atoms with Crippen molar-refractivity contribution in [2.45, 2.75) is 26.4 Å². The monoisotopic (exact) mass is 396 g/mol. The van der Waals surface area contributed by atoms with Gasteiger partial charge in [-0.15, -0.1) is 0 Å². The van der Waals surface area contributed by atoms with Crippen LogP contribution in [-0.4, -0.2) is 38.0 Å². The van der Waals surface area contributed by atoms with Gasteiger partial charge >= 0.3 is 0 Å². The standard InChI is InChI=1S/C23H24O6/c1-15(24)17-3-7-19(8-4-17)21-26-11-23(12-27-21)13-28-22(29-14-23)20-9-5-18(6-10-20)16(2)25/h3-10,21-22H,11-14H2,1-2H3. The van der Waals surface area contributed by atoms with Crippen molar-refractivity contribution in [1.29, 1.82) is 0 Å². The predicted octanol–water partition coefficient (Wildman–Crippen LogP) is 3.87. The molecule has 0 unspecified atom stereocenters. The first-order valence-corrected chi connectivity index (χ1v) is 9.64. The highest BCUT2D eigenvalue weighted by Gasteiger charge is 2.42. The number of Topliss-reactive ketones (excluding diaryl/α,β-unsaturated/α-hetero) is 2. The lowest BCUT2D eigenvalue weighted by Crippen LogP contribution is -2.49. The summed E-state index contributed by atoms with van der Waals surface area (Å²) >= 11 is 0. The predicted molar refractivity (Wildman–Crippen MR) is 105 cm³/mol. The van der Waals surface area contributed by atoms with E-state index >= 15 is 0 Å². The largest absolute Gasteiger partial charge is 0.348 e. The van der Waals surface area contributed by atoms with Crippen LogP contribution >= 0.6 is 0 Å². The lowest BCUT2D eigenvalue weighted by molar-refractivity contribution is -0.307. The number of ether oxygens (including phenoxy) is 4. The van der Waals surface area contributed by atoms with Gasteiger partial charge in [-0.1, -0.05) is 48.5 Å². The van der Waals surface area contributed by atoms with E-state index in [9.17, 15) is 9.59 Å². The van der Waals surface area contributed by atoms with Crippen molar-refractivity contribution in [3.63, 3.8) is 0 Å². The Morgan fingerprint density at radius 3 is 1.24 bits per heavy atom. The topological polar surface area (TPSA) is 71.1 Å². The molecule has 2 aliphatic rings. The van der Waals surface area contributed by atoms with Crippen LogP contribution < -0.4 is 0 Å². The van der Waals surface area contributed by atoms with Gasteiger partial charge in [0.1, 0.15) is 0 Å². The minimum atomic E-state index is -0.460. The molecule has 0 bridgehead atoms. The Hall–Kier alpha value is -2.38. The number of ketones is 2. The molecule has 1 spiro atoms. The molecule has 0 aromatic heterocycles. The molecule has 4 rings (SSSR count). The van der Waals surface area contributed by atoms with E-state index < -0.39 is 12.6 Å². The van der Waals surface area contributed by atoms with Gasteiger partial charge in [0.2, 0.25) is 0 Å². The van der Waals surface area contributed by atoms with Crippen LogP contribution in [0.5, 0.6) is 0 Å². The van der Waals surface area contributed by atoms with Crippen LogP contribution in [0.15, 0.2) is 48.5 Å². The summed E-state index contributed by atoms with van der Waals surface area (Å²) in [5.41, 5.74) is 2.75. The summed E-state index contributed by atoms with van der Waals surface area (Å²) in [6.45, 7) is 4.93. The van der Waals surface area contributed by atoms with Crippen molar-refractivity contribution >= 4 is 11.6 Å². The number of benzene rings is 2. The first-order valence-electron chi connectivity index (χ1n) is 9.64. The summed E-state index contributed by atoms with van der Waals surface area (Å²) in [6.07, 6.45) is -0.919. The summed E-state index contributed by atoms with van der Waals surface area (Å²) in [4.78, 5) is 22.8. The summed E-state index contributed by atoms with van der Waals surface area (Å²) < 4.78 is 23.7. The van der Waals surface area contributed by atoms with E-state index in [0.717, 1.165) is 11.1 Å². The number of hydrogen-bond donors (Lipinski definition) is 0. The highest BCUT2D eigenvalue weighted by atomic mass is 16.7. The van der Waals surface area contributed by atoms with E-state index in [1.807, 2.05) is 24.3 Å². The highest BCUT2D eigenvalue weighted by molar-refractivity contribution is 5.94. The van der Waals surface area contributed by atoms with Crippen molar-refractivity contribution < 1.29 is 28.5 Å². The number of carbonyl (C=O) groups excluding carboxylic acids is 2. The molecule has 6 heteroatoms. The zero-order valence-electron chi connectivity index (χ0n) is 16.6. The summed E-state index contributed by atoms with van der Waals surface area (Å²) in [6, 6.07) is 14.5. The first-order chi connectivity index (χ1) is 14.0. The number of hydrogen-bond acceptors (Lipinski definition) is 6. The van der Waals surface area contributed by atoms with Crippen LogP contribution in [-0.2, 0) is 18.9 Å². The summed E-state index contributed by atoms with van der Waals surface area (Å²) in [5.74, 6) is 0.0611. The minimum absolute atomic E-state index is 0.0305. The molecular weight excluding hydrogens is 372 g/mol. The van der Waals surface area contributed by atoms with E-state index in [1.54, 1.807) is 38.1 Å². The van der Waals surface area contributed by atoms with E-state index in [0.29, 0.717) is 37.6 Å². The Kier molecular flexibility index (Phi) is 5.61. The summed E-state index contributed by atoms with van der Waals surface area (Å²) in [5, 5.41) is 0. The van der Waals surface area contributed by atoms with E-state index in [2.05, 4.69) is 0 Å². The average molecular weight is 396 g/mol. The van der Waals surface area contributed by atoms with Gasteiger partial charge in [0.15, 0.2) is 24.1 Å². The van der Waals surface area contributed by atoms with Gasteiger partial charge in [-0.3, -0.25) is 9.59 Å². The Balaban J connectivity index is 1.33. The van der Waals surface area contributed by atoms with Gasteiger partial charge in [-0.2, -0.15) is 0 Å². The Labute approximate surface area is 169 Å². The maximum atomic E-state index is 11.4. The van der Waals surface area contributed by atoms with Crippen molar-refractivity contribution in [3.05, 3.63) is 70.8 Å². The molecule has 2 aromatic rings. The zero-order valence-corrected chi connectivity index (χ0v) is 16.6. The van der Waals surface area contributed by atoms with Gasteiger partial charge in [-0.25, -0.2) is 0 Å². The maximum Gasteiger partial charge on any atom is 0.183 e. The molecule has 2 fully saturated rings. The quantitative estimate of drug-likeness (QED) is 0.731. The molecule has 0 N–H and O–H groups in total. The molecule has 6 nitrogen and oxygen atoms in total. The molecule has 0 aliphatic carbocycles. The minimum Gasteiger partial charge on any atom is -0.348 e. The van der Waals surface area contributed by atoms with Gasteiger partial charge < -0.3 is 18.9 Å². The zero-order chi connectivity index (χ0) is 20.4. The van der Waals surface area contributed by atoms with Crippen LogP contribution in [0.4, 0.5) is 0 Å². The lowest BCUT2D eigenvalue weighted by Gasteiger charge is -2.43. The molecule has 0 saturated carbocycles. The fraction of sp³-hybridized carbons (Fsp3) is 0.391. The van der Waals surface area contributed by atoms with Gasteiger partial charge in [0, 0.05) is 22.3 Å². The average Bonchev–Trinajstić information content (AvgIpc) is 2.75. The van der Waals surface area contributed by atoms with Gasteiger partial charge in [-0.05, 0) is 13.8 Å². The lowest BCUT2D eigenvalue weighted by atomic mass is 9.90. The second-order valence-electron chi connectivity index (χ2n) is 7.76. The third kappa shape index (κ3) is 4.31. The molecule has 2 saturated heterocycles. The fourth-order valence-corrected chi connectivity index (χ4v) is 3.49. The Bertz CT molecular complexity index is 792. The van der Waals surface area contributed by atoms with Crippen molar-refractivity contribution in [2.75, 3.05) is 26.4 Å². The maximum absolute atomic E-state index is 11.4. The molecule has 0 radical (unpaired) electrons. The molecule has 0 amide bonds. The second-order valence-corrected chi connectivity index (χ2v) is 7.76. The third-order valence-electron chi connectivity index (χ3n) is 5.34. The van der Waals surface area contributed by atoms with E-state index in [4.69, 9.17) is 18.9 Å². The fourth-order valence-electron chi connectivity index (χ4n) is 3.49. The van der Waals surface area contributed by atoms with Crippen LogP contribution in [0, 0.1) is 5.41 Å². The second kappa shape index (κ2) is 8.16. The van der Waals surface area contributed by atoms with Crippen LogP contribution in [0.2, 0.25) is 0 Å². The Morgan fingerprint density at radius 1 is 0.655 bits per heavy atom. The smallest absolute Gasteiger partial charge is 0.183 e. The molecular formula is C23H24O6. The van der Waals surface area contributed by atoms with Crippen molar-refractivity contribution in [3.8, 4) is 0 Å². The normalized spacial score (nSPS) is 27.0. The summed E-state index contributed by atoms with van der Waals surface area (Å²) in [7, 11) is 0. The molecule has 2 aromatic carbocycles. The van der Waals surface area contributed by atoms with Crippen LogP contribution in [0.1, 0.15) is 58.3 Å². The molecule has 2 aliphatic heterocycles. The molecule has 2 heterocycles. The van der Waals surface area contributed by atoms with E-state index in [1.165, 1.54) is 0 Å². The van der Waals surface area contributed by atoms with Crippen LogP contribution in [0.3, 0.4) is 0 Å². The van der Waals surface area contributed by atoms with Crippen molar-refractivity contribution in [1.82, 2.24) is 0 Å². The Morgan fingerprint density at radius 2 is 0.966 bits per heavy atom. The SMILES string of the molecule is CC(=O)c1ccc(C2OCC3(CO2)COC(c2ccc(C(C)=O)cc2)OC3)cc1. The van der Waals surface area contributed by atoms with E-state index in [-0.39, 0.29) is 17.0 Å². The molecule has 152 valence electrons. The van der Waals surface area contributed by atoms with Gasteiger partial charge in [0.25, 0.3) is 0 Å². The first kappa shape index (κ1) is 19.9. The number of rotatable bonds is 4. The van der Waals surface area contributed by atoms with Crippen LogP contribution in [0.25, 0.3) is 0 Å². The third-order valence-corrected chi connectivity index (χ3v) is 5.34. The molecule has 29 heavy (non-hydrogen) atoms. The van der Waals surface area contributed by atoms with Gasteiger partial charge in [0.05, 0.1) is 31.8 Å². The molecule has 0 atom stereocenters. The van der Waals surface area contributed by atoms with Crippen molar-refractivity contribution in [2.24, 2.45) is 5.41 Å².